The van der Waals surface area contributed by atoms with Crippen molar-refractivity contribution in [3.63, 3.8) is 0 Å². The van der Waals surface area contributed by atoms with Crippen LogP contribution in [0.5, 0.6) is 0 Å². The van der Waals surface area contributed by atoms with E-state index in [0.29, 0.717) is 11.4 Å². The maximum absolute atomic E-state index is 5.48. The first-order chi connectivity index (χ1) is 5.11. The molecule has 0 spiro atoms. The Kier molecular flexibility index (Phi) is 2.09. The molecule has 0 amide bonds. The number of anilines is 1. The van der Waals surface area contributed by atoms with Gasteiger partial charge in [0.15, 0.2) is 0 Å². The maximum atomic E-state index is 5.48. The highest BCUT2D eigenvalue weighted by Crippen LogP contribution is 2.13. The lowest BCUT2D eigenvalue weighted by molar-refractivity contribution is -0.114. The largest absolute Gasteiger partial charge is 0.383 e. The van der Waals surface area contributed by atoms with Gasteiger partial charge in [-0.25, -0.2) is 4.98 Å². The SMILES string of the molecule is NC(=[NH2+])c1cc(Br)cnc1N. The smallest absolute Gasteiger partial charge is 0.274 e. The van der Waals surface area contributed by atoms with Gasteiger partial charge in [-0.1, -0.05) is 0 Å². The molecule has 5 heteroatoms. The number of halogens is 1. The number of nitrogen functional groups attached to an aromatic ring is 1. The summed E-state index contributed by atoms with van der Waals surface area (Å²) in [7, 11) is 0. The van der Waals surface area contributed by atoms with Crippen LogP contribution in [0.4, 0.5) is 5.82 Å². The number of rotatable bonds is 1. The lowest BCUT2D eigenvalue weighted by Gasteiger charge is -1.97. The van der Waals surface area contributed by atoms with E-state index in [4.69, 9.17) is 16.9 Å². The van der Waals surface area contributed by atoms with Gasteiger partial charge in [-0.15, -0.1) is 0 Å². The van der Waals surface area contributed by atoms with Crippen molar-refractivity contribution in [2.24, 2.45) is 5.73 Å². The highest BCUT2D eigenvalue weighted by Gasteiger charge is 2.07. The average molecular weight is 216 g/mol. The van der Waals surface area contributed by atoms with Gasteiger partial charge in [0.1, 0.15) is 11.4 Å². The van der Waals surface area contributed by atoms with Crippen LogP contribution >= 0.6 is 15.9 Å². The third-order valence-electron chi connectivity index (χ3n) is 1.20. The minimum absolute atomic E-state index is 0.177. The van der Waals surface area contributed by atoms with Crippen molar-refractivity contribution in [1.82, 2.24) is 4.98 Å². The Morgan fingerprint density at radius 1 is 1.64 bits per heavy atom. The van der Waals surface area contributed by atoms with Gasteiger partial charge in [-0.05, 0) is 22.0 Å². The van der Waals surface area contributed by atoms with E-state index in [9.17, 15) is 0 Å². The van der Waals surface area contributed by atoms with Crippen LogP contribution in [0.1, 0.15) is 5.56 Å². The van der Waals surface area contributed by atoms with Crippen LogP contribution < -0.4 is 16.9 Å². The van der Waals surface area contributed by atoms with E-state index in [1.807, 2.05) is 0 Å². The number of hydrogen-bond acceptors (Lipinski definition) is 2. The van der Waals surface area contributed by atoms with Crippen molar-refractivity contribution in [2.45, 2.75) is 0 Å². The second kappa shape index (κ2) is 2.87. The molecule has 1 aromatic rings. The van der Waals surface area contributed by atoms with Crippen LogP contribution in [0.2, 0.25) is 0 Å². The second-order valence-corrected chi connectivity index (χ2v) is 2.96. The predicted octanol–water partition coefficient (Wildman–Crippen LogP) is -1.11. The molecule has 58 valence electrons. The van der Waals surface area contributed by atoms with E-state index in [1.165, 1.54) is 0 Å². The monoisotopic (exact) mass is 215 g/mol. The number of hydrogen-bond donors (Lipinski definition) is 3. The van der Waals surface area contributed by atoms with Gasteiger partial charge in [0, 0.05) is 10.7 Å². The van der Waals surface area contributed by atoms with Gasteiger partial charge in [0.05, 0.1) is 0 Å². The van der Waals surface area contributed by atoms with Crippen LogP contribution in [-0.4, -0.2) is 10.8 Å². The summed E-state index contributed by atoms with van der Waals surface area (Å²) >= 11 is 3.22. The maximum Gasteiger partial charge on any atom is 0.274 e. The number of nitrogens with zero attached hydrogens (tertiary/aromatic N) is 1. The zero-order valence-electron chi connectivity index (χ0n) is 5.71. The fourth-order valence-corrected chi connectivity index (χ4v) is 1.01. The zero-order chi connectivity index (χ0) is 8.43. The van der Waals surface area contributed by atoms with E-state index < -0.39 is 0 Å². The highest BCUT2D eigenvalue weighted by molar-refractivity contribution is 9.10. The molecule has 4 nitrogen and oxygen atoms in total. The Bertz CT molecular complexity index is 297. The molecular formula is C6H8BrN4+. The number of aromatic nitrogens is 1. The minimum atomic E-state index is 0.177. The van der Waals surface area contributed by atoms with Crippen molar-refractivity contribution in [3.8, 4) is 0 Å². The molecular weight excluding hydrogens is 208 g/mol. The molecule has 0 saturated carbocycles. The first-order valence-electron chi connectivity index (χ1n) is 2.90. The van der Waals surface area contributed by atoms with Crippen molar-refractivity contribution >= 4 is 27.6 Å². The molecule has 0 saturated heterocycles. The Morgan fingerprint density at radius 2 is 2.27 bits per heavy atom. The van der Waals surface area contributed by atoms with Gasteiger partial charge in [-0.2, -0.15) is 0 Å². The van der Waals surface area contributed by atoms with E-state index in [0.717, 1.165) is 4.47 Å². The van der Waals surface area contributed by atoms with Crippen molar-refractivity contribution in [3.05, 3.63) is 22.3 Å². The topological polar surface area (TPSA) is 90.5 Å². The Labute approximate surface area is 72.2 Å². The molecule has 0 aromatic carbocycles. The van der Waals surface area contributed by atoms with Crippen LogP contribution in [-0.2, 0) is 0 Å². The molecule has 0 aliphatic carbocycles. The van der Waals surface area contributed by atoms with Crippen molar-refractivity contribution < 1.29 is 5.41 Å². The van der Waals surface area contributed by atoms with Crippen molar-refractivity contribution in [1.29, 1.82) is 0 Å². The molecule has 0 atom stereocenters. The van der Waals surface area contributed by atoms with Crippen LogP contribution in [0.15, 0.2) is 16.7 Å². The summed E-state index contributed by atoms with van der Waals surface area (Å²) in [4.78, 5) is 3.85. The summed E-state index contributed by atoms with van der Waals surface area (Å²) < 4.78 is 0.801. The van der Waals surface area contributed by atoms with Gasteiger partial charge in [-0.3, -0.25) is 11.1 Å². The van der Waals surface area contributed by atoms with Gasteiger partial charge >= 0.3 is 0 Å². The third-order valence-corrected chi connectivity index (χ3v) is 1.63. The second-order valence-electron chi connectivity index (χ2n) is 2.04. The zero-order valence-corrected chi connectivity index (χ0v) is 7.30. The van der Waals surface area contributed by atoms with E-state index in [2.05, 4.69) is 20.9 Å². The van der Waals surface area contributed by atoms with E-state index in [-0.39, 0.29) is 5.84 Å². The number of nitrogens with two attached hydrogens (primary N) is 3. The third kappa shape index (κ3) is 1.68. The predicted molar refractivity (Wildman–Crippen MR) is 46.6 cm³/mol. The first-order valence-corrected chi connectivity index (χ1v) is 3.70. The molecule has 0 radical (unpaired) electrons. The fourth-order valence-electron chi connectivity index (χ4n) is 0.681. The Balaban J connectivity index is 3.23. The summed E-state index contributed by atoms with van der Waals surface area (Å²) in [6, 6.07) is 1.72. The van der Waals surface area contributed by atoms with Gasteiger partial charge in [0.25, 0.3) is 5.84 Å². The standard InChI is InChI=1S/C6H7BrN4/c7-3-1-4(5(8)9)6(10)11-2-3/h1-2H,(H3,8,9)(H2,10,11)/p+1. The van der Waals surface area contributed by atoms with Gasteiger partial charge < -0.3 is 5.73 Å². The number of pyridine rings is 1. The molecule has 0 aliphatic heterocycles. The van der Waals surface area contributed by atoms with E-state index in [1.54, 1.807) is 12.3 Å². The van der Waals surface area contributed by atoms with Gasteiger partial charge in [0.2, 0.25) is 0 Å². The first kappa shape index (κ1) is 8.00. The normalized spacial score (nSPS) is 9.55. The summed E-state index contributed by atoms with van der Waals surface area (Å²) in [6.07, 6.45) is 1.59. The summed E-state index contributed by atoms with van der Waals surface area (Å²) in [5.74, 6) is 0.518. The molecule has 1 heterocycles. The van der Waals surface area contributed by atoms with E-state index >= 15 is 0 Å². The fraction of sp³-hybridized carbons (Fsp3) is 0. The molecule has 0 bridgehead atoms. The molecule has 0 aliphatic rings. The lowest BCUT2D eigenvalue weighted by Crippen LogP contribution is -2.46. The van der Waals surface area contributed by atoms with Crippen LogP contribution in [0.25, 0.3) is 0 Å². The Morgan fingerprint density at radius 3 is 2.73 bits per heavy atom. The highest BCUT2D eigenvalue weighted by atomic mass is 79.9. The molecule has 1 aromatic heterocycles. The molecule has 0 unspecified atom stereocenters. The summed E-state index contributed by atoms with van der Waals surface area (Å²) in [5, 5.41) is 5.34. The molecule has 1 rings (SSSR count). The minimum Gasteiger partial charge on any atom is -0.383 e. The molecule has 0 fully saturated rings. The summed E-state index contributed by atoms with van der Waals surface area (Å²) in [5.41, 5.74) is 11.4. The van der Waals surface area contributed by atoms with Crippen LogP contribution in [0, 0.1) is 0 Å². The number of amidine groups is 1. The van der Waals surface area contributed by atoms with Crippen molar-refractivity contribution in [2.75, 3.05) is 5.73 Å². The quantitative estimate of drug-likeness (QED) is 0.410. The lowest BCUT2D eigenvalue weighted by atomic mass is 10.2. The molecule has 11 heavy (non-hydrogen) atoms. The average Bonchev–Trinajstić information content (AvgIpc) is 1.94. The summed E-state index contributed by atoms with van der Waals surface area (Å²) in [6.45, 7) is 0. The van der Waals surface area contributed by atoms with Crippen LogP contribution in [0.3, 0.4) is 0 Å². The molecule has 6 N–H and O–H groups in total. The Hall–Kier alpha value is -1.10.